The van der Waals surface area contributed by atoms with E-state index in [0.29, 0.717) is 5.69 Å². The van der Waals surface area contributed by atoms with Gasteiger partial charge in [-0.05, 0) is 30.3 Å². The molecule has 0 aliphatic carbocycles. The average molecular weight is 445 g/mol. The molecule has 28 heavy (non-hydrogen) atoms. The summed E-state index contributed by atoms with van der Waals surface area (Å²) in [6, 6.07) is 15.0. The first-order valence-electron chi connectivity index (χ1n) is 9.43. The molecule has 0 bridgehead atoms. The third-order valence-corrected chi connectivity index (χ3v) is 6.03. The molecule has 1 N–H and O–H groups in total. The number of piperazine rings is 1. The lowest BCUT2D eigenvalue weighted by molar-refractivity contribution is -0.915. The Balaban J connectivity index is 1.45. The number of nitrogens with zero attached hydrogens (tertiary/aromatic N) is 2. The van der Waals surface area contributed by atoms with Crippen molar-refractivity contribution < 1.29 is 19.2 Å². The highest BCUT2D eigenvalue weighted by Gasteiger charge is 2.46. The summed E-state index contributed by atoms with van der Waals surface area (Å²) in [5, 5.41) is 0. The summed E-state index contributed by atoms with van der Waals surface area (Å²) < 4.78 is 6.32. The Labute approximate surface area is 172 Å². The number of carbonyl (C=O) groups is 2. The van der Waals surface area contributed by atoms with Gasteiger partial charge in [-0.2, -0.15) is 0 Å². The molecule has 4 rings (SSSR count). The maximum Gasteiger partial charge on any atom is 0.292 e. The Morgan fingerprint density at radius 1 is 1.07 bits per heavy atom. The van der Waals surface area contributed by atoms with Gasteiger partial charge in [0.1, 0.15) is 5.75 Å². The minimum absolute atomic E-state index is 0.0937. The second-order valence-corrected chi connectivity index (χ2v) is 8.04. The van der Waals surface area contributed by atoms with Gasteiger partial charge in [0, 0.05) is 4.47 Å². The second kappa shape index (κ2) is 7.93. The SMILES string of the molecule is COc1ccccc1N1CC[NH+]([C@@H]2CC(=O)N(c3cccc(Br)c3)C2=O)CC1. The zero-order chi connectivity index (χ0) is 19.7. The van der Waals surface area contributed by atoms with Gasteiger partial charge in [-0.15, -0.1) is 0 Å². The number of hydrogen-bond donors (Lipinski definition) is 1. The van der Waals surface area contributed by atoms with Crippen molar-refractivity contribution in [3.05, 3.63) is 53.0 Å². The highest BCUT2D eigenvalue weighted by atomic mass is 79.9. The molecule has 1 atom stereocenters. The monoisotopic (exact) mass is 444 g/mol. The number of para-hydroxylation sites is 2. The molecule has 2 aromatic carbocycles. The van der Waals surface area contributed by atoms with Crippen LogP contribution in [-0.2, 0) is 9.59 Å². The van der Waals surface area contributed by atoms with Gasteiger partial charge in [0.15, 0.2) is 6.04 Å². The molecular weight excluding hydrogens is 422 g/mol. The molecule has 2 aliphatic heterocycles. The van der Waals surface area contributed by atoms with E-state index in [4.69, 9.17) is 4.74 Å². The zero-order valence-corrected chi connectivity index (χ0v) is 17.3. The quantitative estimate of drug-likeness (QED) is 0.725. The van der Waals surface area contributed by atoms with E-state index in [1.165, 1.54) is 9.80 Å². The van der Waals surface area contributed by atoms with Crippen molar-refractivity contribution >= 4 is 39.1 Å². The number of amides is 2. The summed E-state index contributed by atoms with van der Waals surface area (Å²) in [6.45, 7) is 3.28. The lowest BCUT2D eigenvalue weighted by Crippen LogP contribution is -3.19. The van der Waals surface area contributed by atoms with Gasteiger partial charge in [0.25, 0.3) is 5.91 Å². The third-order valence-electron chi connectivity index (χ3n) is 5.54. The zero-order valence-electron chi connectivity index (χ0n) is 15.7. The number of anilines is 2. The van der Waals surface area contributed by atoms with Crippen molar-refractivity contribution in [2.75, 3.05) is 43.1 Å². The minimum Gasteiger partial charge on any atom is -0.495 e. The normalized spacial score (nSPS) is 20.7. The van der Waals surface area contributed by atoms with Crippen LogP contribution in [0.5, 0.6) is 5.75 Å². The minimum atomic E-state index is -0.300. The van der Waals surface area contributed by atoms with Crippen LogP contribution < -0.4 is 19.4 Å². The van der Waals surface area contributed by atoms with Crippen molar-refractivity contribution in [2.24, 2.45) is 0 Å². The largest absolute Gasteiger partial charge is 0.495 e. The molecular formula is C21H23BrN3O3+. The van der Waals surface area contributed by atoms with E-state index in [1.54, 1.807) is 13.2 Å². The number of quaternary nitrogens is 1. The highest BCUT2D eigenvalue weighted by molar-refractivity contribution is 9.10. The molecule has 146 valence electrons. The molecule has 0 spiro atoms. The molecule has 2 aromatic rings. The van der Waals surface area contributed by atoms with Gasteiger partial charge in [-0.1, -0.05) is 34.1 Å². The van der Waals surface area contributed by atoms with Crippen LogP contribution >= 0.6 is 15.9 Å². The first-order chi connectivity index (χ1) is 13.6. The fraction of sp³-hybridized carbons (Fsp3) is 0.333. The lowest BCUT2D eigenvalue weighted by atomic mass is 10.1. The number of halogens is 1. The van der Waals surface area contributed by atoms with E-state index < -0.39 is 0 Å². The molecule has 2 saturated heterocycles. The topological polar surface area (TPSA) is 54.3 Å². The fourth-order valence-corrected chi connectivity index (χ4v) is 4.50. The van der Waals surface area contributed by atoms with Crippen molar-refractivity contribution in [1.29, 1.82) is 0 Å². The van der Waals surface area contributed by atoms with Crippen LogP contribution in [0.3, 0.4) is 0 Å². The first kappa shape index (κ1) is 19.0. The molecule has 2 fully saturated rings. The van der Waals surface area contributed by atoms with Crippen molar-refractivity contribution in [3.63, 3.8) is 0 Å². The van der Waals surface area contributed by atoms with Gasteiger partial charge >= 0.3 is 0 Å². The van der Waals surface area contributed by atoms with E-state index >= 15 is 0 Å². The van der Waals surface area contributed by atoms with Crippen LogP contribution in [0, 0.1) is 0 Å². The Morgan fingerprint density at radius 3 is 2.54 bits per heavy atom. The molecule has 6 nitrogen and oxygen atoms in total. The Morgan fingerprint density at radius 2 is 1.82 bits per heavy atom. The fourth-order valence-electron chi connectivity index (χ4n) is 4.11. The van der Waals surface area contributed by atoms with Crippen molar-refractivity contribution in [1.82, 2.24) is 0 Å². The standard InChI is InChI=1S/C21H22BrN3O3/c1-28-19-8-3-2-7-17(19)23-9-11-24(12-10-23)18-14-20(26)25(21(18)27)16-6-4-5-15(22)13-16/h2-8,13,18H,9-12,14H2,1H3/p+1/t18-/m1/s1. The average Bonchev–Trinajstić information content (AvgIpc) is 3.02. The predicted molar refractivity (Wildman–Crippen MR) is 111 cm³/mol. The number of ether oxygens (including phenoxy) is 1. The van der Waals surface area contributed by atoms with Gasteiger partial charge in [-0.25, -0.2) is 4.90 Å². The molecule has 2 amide bonds. The van der Waals surface area contributed by atoms with Gasteiger partial charge in [0.2, 0.25) is 5.91 Å². The number of imide groups is 1. The first-order valence-corrected chi connectivity index (χ1v) is 10.2. The van der Waals surface area contributed by atoms with E-state index in [0.717, 1.165) is 42.1 Å². The molecule has 7 heteroatoms. The van der Waals surface area contributed by atoms with Crippen LogP contribution in [0.15, 0.2) is 53.0 Å². The number of carbonyl (C=O) groups excluding carboxylic acids is 2. The molecule has 0 radical (unpaired) electrons. The lowest BCUT2D eigenvalue weighted by Gasteiger charge is -2.36. The van der Waals surface area contributed by atoms with Crippen molar-refractivity contribution in [2.45, 2.75) is 12.5 Å². The van der Waals surface area contributed by atoms with Crippen LogP contribution in [0.25, 0.3) is 0 Å². The Kier molecular flexibility index (Phi) is 5.37. The third kappa shape index (κ3) is 3.52. The molecule has 0 aromatic heterocycles. The molecule has 0 saturated carbocycles. The highest BCUT2D eigenvalue weighted by Crippen LogP contribution is 2.28. The summed E-state index contributed by atoms with van der Waals surface area (Å²) in [5.41, 5.74) is 1.72. The van der Waals surface area contributed by atoms with E-state index in [1.807, 2.05) is 36.4 Å². The summed E-state index contributed by atoms with van der Waals surface area (Å²) in [4.78, 5) is 30.4. The molecule has 0 unspecified atom stereocenters. The number of benzene rings is 2. The van der Waals surface area contributed by atoms with Crippen LogP contribution in [-0.4, -0.2) is 51.1 Å². The second-order valence-electron chi connectivity index (χ2n) is 7.12. The van der Waals surface area contributed by atoms with Crippen LogP contribution in [0.1, 0.15) is 6.42 Å². The van der Waals surface area contributed by atoms with Crippen LogP contribution in [0.2, 0.25) is 0 Å². The number of nitrogens with one attached hydrogen (secondary N) is 1. The summed E-state index contributed by atoms with van der Waals surface area (Å²) in [6.07, 6.45) is 0.273. The molecule has 2 heterocycles. The number of hydrogen-bond acceptors (Lipinski definition) is 4. The summed E-state index contributed by atoms with van der Waals surface area (Å²) >= 11 is 3.41. The van der Waals surface area contributed by atoms with Gasteiger partial charge in [-0.3, -0.25) is 9.59 Å². The van der Waals surface area contributed by atoms with Gasteiger partial charge in [0.05, 0.1) is 51.1 Å². The summed E-state index contributed by atoms with van der Waals surface area (Å²) in [5.74, 6) is 0.649. The maximum absolute atomic E-state index is 13.0. The van der Waals surface area contributed by atoms with Crippen molar-refractivity contribution in [3.8, 4) is 5.75 Å². The Hall–Kier alpha value is -2.38. The van der Waals surface area contributed by atoms with E-state index in [9.17, 15) is 9.59 Å². The van der Waals surface area contributed by atoms with Crippen LogP contribution in [0.4, 0.5) is 11.4 Å². The number of rotatable bonds is 4. The summed E-state index contributed by atoms with van der Waals surface area (Å²) in [7, 11) is 1.68. The maximum atomic E-state index is 13.0. The Bertz CT molecular complexity index is 896. The predicted octanol–water partition coefficient (Wildman–Crippen LogP) is 1.49. The smallest absolute Gasteiger partial charge is 0.292 e. The number of methoxy groups -OCH3 is 1. The van der Waals surface area contributed by atoms with Gasteiger partial charge < -0.3 is 14.5 Å². The van der Waals surface area contributed by atoms with E-state index in [-0.39, 0.29) is 24.3 Å². The molecule has 2 aliphatic rings. The van der Waals surface area contributed by atoms with E-state index in [2.05, 4.69) is 26.9 Å².